The van der Waals surface area contributed by atoms with E-state index in [1.165, 1.54) is 12.1 Å². The van der Waals surface area contributed by atoms with E-state index in [2.05, 4.69) is 10.6 Å². The van der Waals surface area contributed by atoms with Crippen LogP contribution in [0.2, 0.25) is 0 Å². The van der Waals surface area contributed by atoms with Crippen molar-refractivity contribution in [3.05, 3.63) is 65.5 Å². The molecule has 1 aliphatic carbocycles. The van der Waals surface area contributed by atoms with Gasteiger partial charge in [0.1, 0.15) is 5.82 Å². The largest absolute Gasteiger partial charge is 0.416 e. The molecule has 2 aromatic rings. The highest BCUT2D eigenvalue weighted by Crippen LogP contribution is 2.41. The molecule has 4 rings (SSSR count). The van der Waals surface area contributed by atoms with Gasteiger partial charge in [0.15, 0.2) is 0 Å². The Labute approximate surface area is 206 Å². The third kappa shape index (κ3) is 5.72. The van der Waals surface area contributed by atoms with E-state index in [9.17, 15) is 30.8 Å². The molecule has 0 radical (unpaired) electrons. The van der Waals surface area contributed by atoms with Crippen molar-refractivity contribution in [1.29, 1.82) is 0 Å². The summed E-state index contributed by atoms with van der Waals surface area (Å²) in [5.41, 5.74) is -0.187. The van der Waals surface area contributed by atoms with E-state index in [0.29, 0.717) is 25.5 Å². The van der Waals surface area contributed by atoms with Crippen LogP contribution in [0.15, 0.2) is 53.4 Å². The Kier molecular flexibility index (Phi) is 7.43. The summed E-state index contributed by atoms with van der Waals surface area (Å²) in [5, 5.41) is 3.30. The monoisotopic (exact) mass is 530 g/mol. The van der Waals surface area contributed by atoms with Crippen molar-refractivity contribution in [2.24, 2.45) is 5.92 Å². The number of amides is 1. The molecule has 2 N–H and O–H groups in total. The number of halogens is 5. The number of rotatable bonds is 6. The summed E-state index contributed by atoms with van der Waals surface area (Å²) in [7, 11) is -4.67. The van der Waals surface area contributed by atoms with Gasteiger partial charge in [-0.3, -0.25) is 4.79 Å². The molecule has 1 amide bonds. The summed E-state index contributed by atoms with van der Waals surface area (Å²) in [4.78, 5) is 12.0. The molecule has 0 bridgehead atoms. The van der Waals surface area contributed by atoms with Crippen molar-refractivity contribution in [3.8, 4) is 0 Å². The summed E-state index contributed by atoms with van der Waals surface area (Å²) in [6.45, 7) is 0.614. The van der Waals surface area contributed by atoms with Gasteiger partial charge in [0.05, 0.1) is 16.5 Å². The molecular formula is C25H27F5N2O3S. The summed E-state index contributed by atoms with van der Waals surface area (Å²) in [6.07, 6.45) is -4.24. The van der Waals surface area contributed by atoms with Crippen LogP contribution in [0.25, 0.3) is 0 Å². The van der Waals surface area contributed by atoms with Gasteiger partial charge in [-0.05, 0) is 86.9 Å². The minimum Gasteiger partial charge on any atom is -0.352 e. The number of carbonyl (C=O) groups excluding carboxylic acids is 1. The number of benzene rings is 2. The zero-order valence-electron chi connectivity index (χ0n) is 19.3. The highest BCUT2D eigenvalue weighted by Gasteiger charge is 2.48. The third-order valence-electron chi connectivity index (χ3n) is 7.01. The lowest BCUT2D eigenvalue weighted by Gasteiger charge is -2.34. The van der Waals surface area contributed by atoms with Crippen LogP contribution in [0.1, 0.15) is 43.2 Å². The van der Waals surface area contributed by atoms with Crippen molar-refractivity contribution in [1.82, 2.24) is 10.6 Å². The molecule has 2 aliphatic rings. The van der Waals surface area contributed by atoms with Crippen molar-refractivity contribution < 1.29 is 35.2 Å². The standard InChI is InChI=1S/C25H27F5N2O3S/c26-19-6-4-16(5-7-19)12-17-13-22(31-15-17)23(33)32-20-8-10-24(27,11-9-20)36(34,35)21-3-1-2-18(14-21)25(28,29)30/h1-7,14,17,20,22,31H,8-13,15H2,(H,32,33)/t17-,20-,22+,24-/m1/s1. The number of hydrogen-bond acceptors (Lipinski definition) is 4. The van der Waals surface area contributed by atoms with E-state index in [0.717, 1.165) is 23.8 Å². The minimum absolute atomic E-state index is 0.0478. The molecule has 36 heavy (non-hydrogen) atoms. The number of alkyl halides is 4. The van der Waals surface area contributed by atoms with Crippen LogP contribution in [-0.2, 0) is 27.2 Å². The van der Waals surface area contributed by atoms with Crippen molar-refractivity contribution in [3.63, 3.8) is 0 Å². The second-order valence-electron chi connectivity index (χ2n) is 9.59. The number of nitrogens with one attached hydrogen (secondary N) is 2. The molecule has 2 atom stereocenters. The molecule has 5 nitrogen and oxygen atoms in total. The maximum atomic E-state index is 15.5. The summed E-state index contributed by atoms with van der Waals surface area (Å²) >= 11 is 0. The first-order valence-corrected chi connectivity index (χ1v) is 13.2. The molecule has 0 spiro atoms. The summed E-state index contributed by atoms with van der Waals surface area (Å²) in [6, 6.07) is 8.43. The van der Waals surface area contributed by atoms with Gasteiger partial charge in [0.25, 0.3) is 0 Å². The molecule has 11 heteroatoms. The third-order valence-corrected chi connectivity index (χ3v) is 9.25. The van der Waals surface area contributed by atoms with Gasteiger partial charge in [-0.1, -0.05) is 18.2 Å². The Morgan fingerprint density at radius 1 is 1.08 bits per heavy atom. The fourth-order valence-corrected chi connectivity index (χ4v) is 6.67. The van der Waals surface area contributed by atoms with Crippen LogP contribution in [0, 0.1) is 11.7 Å². The van der Waals surface area contributed by atoms with E-state index < -0.39 is 56.4 Å². The molecule has 196 valence electrons. The van der Waals surface area contributed by atoms with E-state index in [1.54, 1.807) is 12.1 Å². The Bertz CT molecular complexity index is 1190. The number of carbonyl (C=O) groups is 1. The van der Waals surface area contributed by atoms with Gasteiger partial charge >= 0.3 is 6.18 Å². The Morgan fingerprint density at radius 2 is 1.75 bits per heavy atom. The Morgan fingerprint density at radius 3 is 2.39 bits per heavy atom. The van der Waals surface area contributed by atoms with Crippen LogP contribution in [0.5, 0.6) is 0 Å². The van der Waals surface area contributed by atoms with Gasteiger partial charge in [-0.2, -0.15) is 13.2 Å². The van der Waals surface area contributed by atoms with Crippen LogP contribution in [0.3, 0.4) is 0 Å². The molecule has 1 saturated carbocycles. The highest BCUT2D eigenvalue weighted by molar-refractivity contribution is 7.92. The van der Waals surface area contributed by atoms with Crippen molar-refractivity contribution >= 4 is 15.7 Å². The van der Waals surface area contributed by atoms with Gasteiger partial charge in [0, 0.05) is 6.04 Å². The Balaban J connectivity index is 1.31. The fraction of sp³-hybridized carbons (Fsp3) is 0.480. The summed E-state index contributed by atoms with van der Waals surface area (Å²) < 4.78 is 93.4. The van der Waals surface area contributed by atoms with Gasteiger partial charge in [-0.25, -0.2) is 17.2 Å². The van der Waals surface area contributed by atoms with Crippen LogP contribution in [-0.4, -0.2) is 38.0 Å². The second-order valence-corrected chi connectivity index (χ2v) is 11.8. The molecule has 0 aromatic heterocycles. The quantitative estimate of drug-likeness (QED) is 0.537. The van der Waals surface area contributed by atoms with Crippen molar-refractivity contribution in [2.45, 2.75) is 66.7 Å². The molecule has 2 aromatic carbocycles. The van der Waals surface area contributed by atoms with E-state index in [1.807, 2.05) is 0 Å². The lowest BCUT2D eigenvalue weighted by molar-refractivity contribution is -0.137. The topological polar surface area (TPSA) is 75.3 Å². The van der Waals surface area contributed by atoms with Crippen LogP contribution >= 0.6 is 0 Å². The normalized spacial score (nSPS) is 27.1. The fourth-order valence-electron chi connectivity index (χ4n) is 4.93. The molecular weight excluding hydrogens is 503 g/mol. The predicted octanol–water partition coefficient (Wildman–Crippen LogP) is 4.56. The molecule has 2 fully saturated rings. The Hall–Kier alpha value is -2.53. The SMILES string of the molecule is O=C(N[C@H]1CC[C@](F)(S(=O)(=O)c2cccc(C(F)(F)F)c2)CC1)[C@@H]1C[C@@H](Cc2ccc(F)cc2)CN1. The highest BCUT2D eigenvalue weighted by atomic mass is 32.2. The van der Waals surface area contributed by atoms with Gasteiger partial charge < -0.3 is 10.6 Å². The van der Waals surface area contributed by atoms with E-state index >= 15 is 4.39 Å². The molecule has 0 unspecified atom stereocenters. The van der Waals surface area contributed by atoms with Crippen molar-refractivity contribution in [2.75, 3.05) is 6.54 Å². The molecule has 1 aliphatic heterocycles. The van der Waals surface area contributed by atoms with Gasteiger partial charge in [-0.15, -0.1) is 0 Å². The smallest absolute Gasteiger partial charge is 0.352 e. The number of hydrogen-bond donors (Lipinski definition) is 2. The maximum Gasteiger partial charge on any atom is 0.416 e. The van der Waals surface area contributed by atoms with Crippen LogP contribution in [0.4, 0.5) is 22.0 Å². The zero-order valence-corrected chi connectivity index (χ0v) is 20.1. The summed E-state index contributed by atoms with van der Waals surface area (Å²) in [5.74, 6) is -0.379. The van der Waals surface area contributed by atoms with Crippen LogP contribution < -0.4 is 10.6 Å². The van der Waals surface area contributed by atoms with Gasteiger partial charge in [0.2, 0.25) is 20.7 Å². The number of sulfone groups is 1. The first-order chi connectivity index (χ1) is 16.9. The van der Waals surface area contributed by atoms with E-state index in [4.69, 9.17) is 0 Å². The first-order valence-electron chi connectivity index (χ1n) is 11.8. The average molecular weight is 531 g/mol. The zero-order chi connectivity index (χ0) is 26.1. The first kappa shape index (κ1) is 26.5. The lowest BCUT2D eigenvalue weighted by atomic mass is 9.92. The molecule has 1 heterocycles. The predicted molar refractivity (Wildman–Crippen MR) is 123 cm³/mol. The van der Waals surface area contributed by atoms with E-state index in [-0.39, 0.29) is 30.5 Å². The molecule has 1 saturated heterocycles. The second kappa shape index (κ2) is 10.1. The lowest BCUT2D eigenvalue weighted by Crippen LogP contribution is -2.49. The maximum absolute atomic E-state index is 15.5. The minimum atomic E-state index is -4.75. The average Bonchev–Trinajstić information content (AvgIpc) is 3.30.